The Morgan fingerprint density at radius 2 is 1.90 bits per heavy atom. The summed E-state index contributed by atoms with van der Waals surface area (Å²) in [6, 6.07) is -0.0681. The molecule has 8 unspecified atom stereocenters. The van der Waals surface area contributed by atoms with Crippen molar-refractivity contribution in [3.05, 3.63) is 0 Å². The van der Waals surface area contributed by atoms with Gasteiger partial charge in [0, 0.05) is 18.5 Å². The van der Waals surface area contributed by atoms with Gasteiger partial charge in [0.25, 0.3) is 0 Å². The fraction of sp³-hybridized carbons (Fsp3) is 0.917. The minimum absolute atomic E-state index is 0.129. The third-order valence-electron chi connectivity index (χ3n) is 8.69. The number of hydrogen-bond acceptors (Lipinski definition) is 4. The first kappa shape index (κ1) is 22.1. The van der Waals surface area contributed by atoms with Crippen LogP contribution in [0.2, 0.25) is 0 Å². The van der Waals surface area contributed by atoms with Crippen LogP contribution >= 0.6 is 0 Å². The van der Waals surface area contributed by atoms with E-state index in [1.165, 1.54) is 32.1 Å². The van der Waals surface area contributed by atoms with Crippen molar-refractivity contribution < 1.29 is 14.6 Å². The number of nitrogens with one attached hydrogen (secondary N) is 1. The molecule has 30 heavy (non-hydrogen) atoms. The summed E-state index contributed by atoms with van der Waals surface area (Å²) in [5.41, 5.74) is 5.85. The first-order valence-corrected chi connectivity index (χ1v) is 12.3. The van der Waals surface area contributed by atoms with Crippen LogP contribution in [0.4, 0.5) is 0 Å². The molecule has 170 valence electrons. The lowest BCUT2D eigenvalue weighted by Gasteiger charge is -2.46. The molecule has 4 aliphatic rings. The quantitative estimate of drug-likeness (QED) is 0.448. The molecule has 0 aromatic heterocycles. The van der Waals surface area contributed by atoms with Gasteiger partial charge in [0.05, 0.1) is 18.0 Å². The zero-order valence-corrected chi connectivity index (χ0v) is 18.8. The first-order chi connectivity index (χ1) is 14.3. The number of hydrogen-bond donors (Lipinski definition) is 3. The number of amidine groups is 1. The fourth-order valence-electron chi connectivity index (χ4n) is 7.39. The van der Waals surface area contributed by atoms with Crippen LogP contribution in [0.3, 0.4) is 0 Å². The standard InChI is InChI=1S/C24H41N3O3/c1-14(2)30-19-8-9-20-15(10-19)4-3-5-18(20)13-27-21-12-17(23(25)26)7-6-16(21)11-22(27)24(28)29/h14-22H,3-13H2,1-2H3,(H3,25,26)(H,28,29). The van der Waals surface area contributed by atoms with E-state index in [-0.39, 0.29) is 23.8 Å². The predicted molar refractivity (Wildman–Crippen MR) is 117 cm³/mol. The molecule has 1 aliphatic heterocycles. The lowest BCUT2D eigenvalue weighted by molar-refractivity contribution is -0.143. The maximum Gasteiger partial charge on any atom is 0.320 e. The highest BCUT2D eigenvalue weighted by atomic mass is 16.5. The van der Waals surface area contributed by atoms with E-state index in [2.05, 4.69) is 18.7 Å². The summed E-state index contributed by atoms with van der Waals surface area (Å²) in [6.45, 7) is 5.17. The van der Waals surface area contributed by atoms with Crippen molar-refractivity contribution in [2.75, 3.05) is 6.54 Å². The Hall–Kier alpha value is -1.14. The van der Waals surface area contributed by atoms with Crippen molar-refractivity contribution in [2.45, 2.75) is 102 Å². The molecule has 3 saturated carbocycles. The third-order valence-corrected chi connectivity index (χ3v) is 8.69. The number of rotatable bonds is 6. The maximum absolute atomic E-state index is 12.1. The minimum atomic E-state index is -0.662. The molecule has 0 bridgehead atoms. The van der Waals surface area contributed by atoms with E-state index in [0.717, 1.165) is 44.6 Å². The summed E-state index contributed by atoms with van der Waals surface area (Å²) in [5.74, 6) is 2.26. The van der Waals surface area contributed by atoms with E-state index < -0.39 is 5.97 Å². The van der Waals surface area contributed by atoms with E-state index in [9.17, 15) is 9.90 Å². The van der Waals surface area contributed by atoms with Crippen LogP contribution in [0, 0.1) is 35.0 Å². The maximum atomic E-state index is 12.1. The van der Waals surface area contributed by atoms with E-state index in [1.807, 2.05) is 0 Å². The summed E-state index contributed by atoms with van der Waals surface area (Å²) >= 11 is 0. The van der Waals surface area contributed by atoms with E-state index in [4.69, 9.17) is 15.9 Å². The summed E-state index contributed by atoms with van der Waals surface area (Å²) in [4.78, 5) is 14.5. The average molecular weight is 420 g/mol. The van der Waals surface area contributed by atoms with Gasteiger partial charge in [-0.1, -0.05) is 12.8 Å². The van der Waals surface area contributed by atoms with Crippen LogP contribution in [0.25, 0.3) is 0 Å². The second-order valence-electron chi connectivity index (χ2n) is 10.8. The number of nitrogens with zero attached hydrogens (tertiary/aromatic N) is 1. The van der Waals surface area contributed by atoms with Crippen LogP contribution in [0.5, 0.6) is 0 Å². The minimum Gasteiger partial charge on any atom is -0.480 e. The fourth-order valence-corrected chi connectivity index (χ4v) is 7.39. The topological polar surface area (TPSA) is 99.6 Å². The van der Waals surface area contributed by atoms with Crippen molar-refractivity contribution in [3.8, 4) is 0 Å². The molecule has 4 fully saturated rings. The molecular formula is C24H41N3O3. The molecule has 0 aromatic carbocycles. The lowest BCUT2D eigenvalue weighted by Crippen LogP contribution is -2.49. The molecular weight excluding hydrogens is 378 g/mol. The van der Waals surface area contributed by atoms with Crippen LogP contribution in [-0.4, -0.2) is 52.6 Å². The molecule has 0 radical (unpaired) electrons. The molecule has 6 nitrogen and oxygen atoms in total. The summed E-state index contributed by atoms with van der Waals surface area (Å²) in [7, 11) is 0. The lowest BCUT2D eigenvalue weighted by atomic mass is 9.64. The van der Waals surface area contributed by atoms with Gasteiger partial charge in [-0.3, -0.25) is 15.1 Å². The average Bonchev–Trinajstić information content (AvgIpc) is 3.05. The monoisotopic (exact) mass is 419 g/mol. The smallest absolute Gasteiger partial charge is 0.320 e. The molecule has 1 saturated heterocycles. The Morgan fingerprint density at radius 1 is 1.10 bits per heavy atom. The van der Waals surface area contributed by atoms with E-state index in [1.54, 1.807) is 0 Å². The van der Waals surface area contributed by atoms with Gasteiger partial charge >= 0.3 is 5.97 Å². The Kier molecular flexibility index (Phi) is 6.73. The zero-order chi connectivity index (χ0) is 21.4. The molecule has 4 rings (SSSR count). The Labute approximate surface area is 181 Å². The van der Waals surface area contributed by atoms with Crippen LogP contribution in [-0.2, 0) is 9.53 Å². The number of likely N-dealkylation sites (tertiary alicyclic amines) is 1. The summed E-state index contributed by atoms with van der Waals surface area (Å²) in [5, 5.41) is 17.9. The molecule has 3 aliphatic carbocycles. The van der Waals surface area contributed by atoms with Crippen molar-refractivity contribution >= 4 is 11.8 Å². The van der Waals surface area contributed by atoms with Gasteiger partial charge in [-0.05, 0) is 88.9 Å². The third kappa shape index (κ3) is 4.55. The number of ether oxygens (including phenoxy) is 1. The van der Waals surface area contributed by atoms with Gasteiger partial charge in [-0.25, -0.2) is 0 Å². The highest BCUT2D eigenvalue weighted by molar-refractivity contribution is 5.80. The van der Waals surface area contributed by atoms with Crippen molar-refractivity contribution in [1.82, 2.24) is 4.90 Å². The number of fused-ring (bicyclic) bond motifs is 2. The predicted octanol–water partition coefficient (Wildman–Crippen LogP) is 3.88. The Balaban J connectivity index is 1.45. The second-order valence-corrected chi connectivity index (χ2v) is 10.8. The van der Waals surface area contributed by atoms with Crippen molar-refractivity contribution in [3.63, 3.8) is 0 Å². The molecule has 0 aromatic rings. The zero-order valence-electron chi connectivity index (χ0n) is 18.8. The SMILES string of the molecule is CC(C)OC1CCC2C(CCCC2CN2C(C(=O)O)CC3CCC(C(=N)N)CC32)C1. The number of carbonyl (C=O) groups is 1. The van der Waals surface area contributed by atoms with Gasteiger partial charge in [0.1, 0.15) is 6.04 Å². The van der Waals surface area contributed by atoms with E-state index in [0.29, 0.717) is 30.0 Å². The van der Waals surface area contributed by atoms with Gasteiger partial charge in [0.15, 0.2) is 0 Å². The largest absolute Gasteiger partial charge is 0.480 e. The molecule has 6 heteroatoms. The number of carboxylic acids is 1. The van der Waals surface area contributed by atoms with E-state index >= 15 is 0 Å². The highest BCUT2D eigenvalue weighted by Crippen LogP contribution is 2.48. The Morgan fingerprint density at radius 3 is 2.60 bits per heavy atom. The van der Waals surface area contributed by atoms with Crippen molar-refractivity contribution in [1.29, 1.82) is 5.41 Å². The highest BCUT2D eigenvalue weighted by Gasteiger charge is 2.49. The number of nitrogens with two attached hydrogens (primary N) is 1. The first-order valence-electron chi connectivity index (χ1n) is 12.3. The Bertz CT molecular complexity index is 639. The summed E-state index contributed by atoms with van der Waals surface area (Å²) < 4.78 is 6.14. The molecule has 0 amide bonds. The molecule has 4 N–H and O–H groups in total. The molecule has 8 atom stereocenters. The van der Waals surface area contributed by atoms with Crippen LogP contribution < -0.4 is 5.73 Å². The van der Waals surface area contributed by atoms with Crippen LogP contribution in [0.1, 0.15) is 78.1 Å². The van der Waals surface area contributed by atoms with Crippen LogP contribution in [0.15, 0.2) is 0 Å². The molecule has 0 spiro atoms. The normalized spacial score (nSPS) is 42.0. The number of aliphatic carboxylic acids is 1. The van der Waals surface area contributed by atoms with Gasteiger partial charge in [-0.2, -0.15) is 0 Å². The molecule has 1 heterocycles. The number of carboxylic acid groups (broad SMARTS) is 1. The second kappa shape index (κ2) is 9.15. The summed E-state index contributed by atoms with van der Waals surface area (Å²) in [6.07, 6.45) is 11.7. The van der Waals surface area contributed by atoms with Crippen molar-refractivity contribution in [2.24, 2.45) is 35.3 Å². The van der Waals surface area contributed by atoms with Gasteiger partial charge < -0.3 is 15.6 Å². The van der Waals surface area contributed by atoms with Gasteiger partial charge in [-0.15, -0.1) is 0 Å². The van der Waals surface area contributed by atoms with Gasteiger partial charge in [0.2, 0.25) is 0 Å².